The first kappa shape index (κ1) is 17.5. The molecule has 0 atom stereocenters. The minimum atomic E-state index is -0.0829. The van der Waals surface area contributed by atoms with Crippen LogP contribution in [0.5, 0.6) is 0 Å². The Labute approximate surface area is 158 Å². The molecule has 2 aromatic rings. The summed E-state index contributed by atoms with van der Waals surface area (Å²) in [7, 11) is 0. The molecule has 2 amide bonds. The highest BCUT2D eigenvalue weighted by molar-refractivity contribution is 6.05. The van der Waals surface area contributed by atoms with Crippen molar-refractivity contribution in [2.75, 3.05) is 42.5 Å². The van der Waals surface area contributed by atoms with Crippen molar-refractivity contribution in [1.82, 2.24) is 14.9 Å². The summed E-state index contributed by atoms with van der Waals surface area (Å²) in [4.78, 5) is 38.7. The van der Waals surface area contributed by atoms with Gasteiger partial charge in [-0.05, 0) is 31.4 Å². The maximum absolute atomic E-state index is 13.2. The molecule has 4 rings (SSSR count). The zero-order chi connectivity index (χ0) is 18.8. The summed E-state index contributed by atoms with van der Waals surface area (Å²) in [5.74, 6) is 1.25. The lowest BCUT2D eigenvalue weighted by molar-refractivity contribution is -0.118. The van der Waals surface area contributed by atoms with E-state index in [2.05, 4.69) is 20.9 Å². The quantitative estimate of drug-likeness (QED) is 0.774. The van der Waals surface area contributed by atoms with E-state index in [-0.39, 0.29) is 5.91 Å². The van der Waals surface area contributed by atoms with Gasteiger partial charge in [-0.3, -0.25) is 9.59 Å². The van der Waals surface area contributed by atoms with Crippen molar-refractivity contribution in [2.45, 2.75) is 19.8 Å². The lowest BCUT2D eigenvalue weighted by Gasteiger charge is -2.33. The van der Waals surface area contributed by atoms with Crippen LogP contribution in [-0.2, 0) is 11.2 Å². The Bertz CT molecular complexity index is 861. The average Bonchev–Trinajstić information content (AvgIpc) is 2.72. The molecule has 27 heavy (non-hydrogen) atoms. The Hall–Kier alpha value is -2.96. The summed E-state index contributed by atoms with van der Waals surface area (Å²) < 4.78 is 0. The number of hydrogen-bond donors (Lipinski definition) is 0. The van der Waals surface area contributed by atoms with Crippen molar-refractivity contribution < 1.29 is 9.59 Å². The van der Waals surface area contributed by atoms with E-state index in [1.165, 1.54) is 5.56 Å². The topological polar surface area (TPSA) is 69.6 Å². The number of benzene rings is 1. The van der Waals surface area contributed by atoms with E-state index in [0.29, 0.717) is 44.2 Å². The third kappa shape index (κ3) is 3.49. The van der Waals surface area contributed by atoms with Crippen LogP contribution in [0.15, 0.2) is 30.3 Å². The van der Waals surface area contributed by atoms with E-state index >= 15 is 0 Å². The highest BCUT2D eigenvalue weighted by Gasteiger charge is 2.26. The molecular formula is C20H23N5O2. The Morgan fingerprint density at radius 2 is 1.85 bits per heavy atom. The summed E-state index contributed by atoms with van der Waals surface area (Å²) >= 11 is 0. The second-order valence-electron chi connectivity index (χ2n) is 6.98. The van der Waals surface area contributed by atoms with E-state index in [1.54, 1.807) is 11.0 Å². The molecule has 1 fully saturated rings. The van der Waals surface area contributed by atoms with Gasteiger partial charge in [0.2, 0.25) is 6.41 Å². The second-order valence-corrected chi connectivity index (χ2v) is 6.98. The first-order chi connectivity index (χ1) is 13.2. The van der Waals surface area contributed by atoms with Crippen molar-refractivity contribution in [3.05, 3.63) is 47.4 Å². The summed E-state index contributed by atoms with van der Waals surface area (Å²) in [6.45, 7) is 5.24. The number of amides is 2. The number of piperazine rings is 1. The van der Waals surface area contributed by atoms with Gasteiger partial charge >= 0.3 is 0 Å². The van der Waals surface area contributed by atoms with Crippen molar-refractivity contribution >= 4 is 23.8 Å². The summed E-state index contributed by atoms with van der Waals surface area (Å²) in [5.41, 5.74) is 2.60. The number of aromatic nitrogens is 2. The number of nitrogens with zero attached hydrogens (tertiary/aromatic N) is 5. The van der Waals surface area contributed by atoms with Crippen LogP contribution in [0.4, 0.5) is 11.5 Å². The Morgan fingerprint density at radius 3 is 2.63 bits per heavy atom. The van der Waals surface area contributed by atoms with Crippen LogP contribution < -0.4 is 9.80 Å². The van der Waals surface area contributed by atoms with Crippen LogP contribution >= 0.6 is 0 Å². The van der Waals surface area contributed by atoms with Crippen molar-refractivity contribution in [3.8, 4) is 0 Å². The fourth-order valence-corrected chi connectivity index (χ4v) is 3.76. The van der Waals surface area contributed by atoms with Gasteiger partial charge in [0.15, 0.2) is 0 Å². The van der Waals surface area contributed by atoms with Crippen LogP contribution in [0.3, 0.4) is 0 Å². The van der Waals surface area contributed by atoms with Crippen molar-refractivity contribution in [3.63, 3.8) is 0 Å². The zero-order valence-electron chi connectivity index (χ0n) is 15.5. The maximum atomic E-state index is 13.2. The van der Waals surface area contributed by atoms with Gasteiger partial charge in [0.05, 0.1) is 0 Å². The number of carbonyl (C=O) groups is 2. The third-order valence-electron chi connectivity index (χ3n) is 5.19. The van der Waals surface area contributed by atoms with Crippen LogP contribution in [0.2, 0.25) is 0 Å². The van der Waals surface area contributed by atoms with E-state index in [1.807, 2.05) is 30.0 Å². The summed E-state index contributed by atoms with van der Waals surface area (Å²) in [6.07, 6.45) is 2.83. The molecule has 2 aliphatic heterocycles. The first-order valence-corrected chi connectivity index (χ1v) is 9.35. The number of fused-ring (bicyclic) bond motifs is 1. The molecule has 1 aromatic carbocycles. The molecule has 0 unspecified atom stereocenters. The van der Waals surface area contributed by atoms with Crippen molar-refractivity contribution in [1.29, 1.82) is 0 Å². The van der Waals surface area contributed by atoms with Gasteiger partial charge in [0.25, 0.3) is 5.91 Å². The molecular weight excluding hydrogens is 342 g/mol. The molecule has 7 nitrogen and oxygen atoms in total. The molecule has 3 heterocycles. The molecule has 1 saturated heterocycles. The minimum absolute atomic E-state index is 0.0829. The molecule has 2 aliphatic rings. The predicted molar refractivity (Wildman–Crippen MR) is 103 cm³/mol. The number of carbonyl (C=O) groups excluding carboxylic acids is 2. The van der Waals surface area contributed by atoms with Crippen LogP contribution in [0.1, 0.15) is 28.3 Å². The maximum Gasteiger partial charge on any atom is 0.277 e. The van der Waals surface area contributed by atoms with Gasteiger partial charge in [0.1, 0.15) is 17.3 Å². The molecule has 0 spiro atoms. The third-order valence-corrected chi connectivity index (χ3v) is 5.19. The molecule has 1 aromatic heterocycles. The number of rotatable bonds is 3. The lowest BCUT2D eigenvalue weighted by Crippen LogP contribution is -2.46. The molecule has 0 N–H and O–H groups in total. The van der Waals surface area contributed by atoms with Crippen molar-refractivity contribution in [2.24, 2.45) is 0 Å². The highest BCUT2D eigenvalue weighted by atomic mass is 16.2. The Morgan fingerprint density at radius 1 is 1.07 bits per heavy atom. The fraction of sp³-hybridized carbons (Fsp3) is 0.400. The normalized spacial score (nSPS) is 16.9. The summed E-state index contributed by atoms with van der Waals surface area (Å²) in [6, 6.07) is 9.84. The molecule has 140 valence electrons. The van der Waals surface area contributed by atoms with E-state index in [4.69, 9.17) is 0 Å². The molecule has 0 radical (unpaired) electrons. The molecule has 0 saturated carbocycles. The van der Waals surface area contributed by atoms with Gasteiger partial charge in [-0.15, -0.1) is 0 Å². The SMILES string of the molecule is Cc1nc(C(=O)N2CCCc3ccccc32)cc(N2CCN(C=O)CC2)n1. The van der Waals surface area contributed by atoms with Crippen LogP contribution in [-0.4, -0.2) is 59.9 Å². The van der Waals surface area contributed by atoms with Crippen LogP contribution in [0.25, 0.3) is 0 Å². The smallest absolute Gasteiger partial charge is 0.277 e. The monoisotopic (exact) mass is 365 g/mol. The predicted octanol–water partition coefficient (Wildman–Crippen LogP) is 1.66. The molecule has 0 aliphatic carbocycles. The Balaban J connectivity index is 1.60. The van der Waals surface area contributed by atoms with E-state index < -0.39 is 0 Å². The second kappa shape index (κ2) is 7.34. The van der Waals surface area contributed by atoms with E-state index in [0.717, 1.165) is 30.8 Å². The van der Waals surface area contributed by atoms with Crippen LogP contribution in [0, 0.1) is 6.92 Å². The number of hydrogen-bond acceptors (Lipinski definition) is 5. The fourth-order valence-electron chi connectivity index (χ4n) is 3.76. The number of para-hydroxylation sites is 1. The first-order valence-electron chi connectivity index (χ1n) is 9.35. The van der Waals surface area contributed by atoms with Gasteiger partial charge in [-0.1, -0.05) is 18.2 Å². The highest BCUT2D eigenvalue weighted by Crippen LogP contribution is 2.28. The largest absolute Gasteiger partial charge is 0.353 e. The summed E-state index contributed by atoms with van der Waals surface area (Å²) in [5, 5.41) is 0. The zero-order valence-corrected chi connectivity index (χ0v) is 15.5. The number of aryl methyl sites for hydroxylation is 2. The average molecular weight is 365 g/mol. The molecule has 7 heteroatoms. The Kier molecular flexibility index (Phi) is 4.75. The molecule has 0 bridgehead atoms. The van der Waals surface area contributed by atoms with Gasteiger partial charge in [-0.25, -0.2) is 9.97 Å². The number of anilines is 2. The minimum Gasteiger partial charge on any atom is -0.353 e. The van der Waals surface area contributed by atoms with Gasteiger partial charge in [0, 0.05) is 44.5 Å². The van der Waals surface area contributed by atoms with Gasteiger partial charge in [-0.2, -0.15) is 0 Å². The standard InChI is InChI=1S/C20H23N5O2/c1-15-21-17(13-19(22-15)24-11-9-23(14-26)10-12-24)20(27)25-8-4-6-16-5-2-3-7-18(16)25/h2-3,5,7,13-14H,4,6,8-12H2,1H3. The van der Waals surface area contributed by atoms with Gasteiger partial charge < -0.3 is 14.7 Å². The van der Waals surface area contributed by atoms with E-state index in [9.17, 15) is 9.59 Å². The lowest BCUT2D eigenvalue weighted by atomic mass is 10.0.